The van der Waals surface area contributed by atoms with Gasteiger partial charge < -0.3 is 9.64 Å². The van der Waals surface area contributed by atoms with Crippen molar-refractivity contribution in [3.05, 3.63) is 47.8 Å². The summed E-state index contributed by atoms with van der Waals surface area (Å²) < 4.78 is 6.76. The first-order chi connectivity index (χ1) is 11.1. The van der Waals surface area contributed by atoms with Crippen molar-refractivity contribution >= 4 is 23.6 Å². The molecule has 2 heterocycles. The molecule has 1 unspecified atom stereocenters. The van der Waals surface area contributed by atoms with Crippen LogP contribution in [0.2, 0.25) is 0 Å². The zero-order valence-corrected chi connectivity index (χ0v) is 13.7. The molecule has 1 aliphatic heterocycles. The molecule has 23 heavy (non-hydrogen) atoms. The van der Waals surface area contributed by atoms with Crippen molar-refractivity contribution in [2.45, 2.75) is 12.3 Å². The molecule has 1 aromatic heterocycles. The topological polar surface area (TPSA) is 64.4 Å². The molecular weight excluding hydrogens is 314 g/mol. The predicted molar refractivity (Wildman–Crippen MR) is 87.5 cm³/mol. The fourth-order valence-corrected chi connectivity index (χ4v) is 3.63. The van der Waals surface area contributed by atoms with Crippen molar-refractivity contribution in [2.75, 3.05) is 19.4 Å². The van der Waals surface area contributed by atoms with Crippen LogP contribution in [0.3, 0.4) is 0 Å². The summed E-state index contributed by atoms with van der Waals surface area (Å²) in [6, 6.07) is 9.53. The van der Waals surface area contributed by atoms with Crippen LogP contribution < -0.4 is 0 Å². The number of hydrogen-bond acceptors (Lipinski definition) is 5. The minimum atomic E-state index is -0.467. The standard InChI is InChI=1S/C16H17N3O3S/c1-3-22-16(21)14-12(15-18(2)13(20)10-23-15)9-19(17-14)11-7-5-4-6-8-11/h4-9,15H,3,10H2,1-2H3. The van der Waals surface area contributed by atoms with E-state index in [-0.39, 0.29) is 23.6 Å². The van der Waals surface area contributed by atoms with Crippen LogP contribution in [0.4, 0.5) is 0 Å². The summed E-state index contributed by atoms with van der Waals surface area (Å²) in [4.78, 5) is 25.7. The molecule has 0 saturated carbocycles. The maximum absolute atomic E-state index is 12.2. The van der Waals surface area contributed by atoms with E-state index in [9.17, 15) is 9.59 Å². The molecule has 0 aliphatic carbocycles. The lowest BCUT2D eigenvalue weighted by atomic mass is 10.2. The highest BCUT2D eigenvalue weighted by molar-refractivity contribution is 8.00. The van der Waals surface area contributed by atoms with Gasteiger partial charge in [0.15, 0.2) is 5.69 Å². The molecule has 1 amide bonds. The van der Waals surface area contributed by atoms with Gasteiger partial charge in [-0.2, -0.15) is 5.10 Å². The summed E-state index contributed by atoms with van der Waals surface area (Å²) in [5, 5.41) is 4.17. The Morgan fingerprint density at radius 1 is 1.39 bits per heavy atom. The summed E-state index contributed by atoms with van der Waals surface area (Å²) in [6.45, 7) is 2.04. The maximum Gasteiger partial charge on any atom is 0.359 e. The van der Waals surface area contributed by atoms with Gasteiger partial charge >= 0.3 is 5.97 Å². The highest BCUT2D eigenvalue weighted by Gasteiger charge is 2.35. The minimum Gasteiger partial charge on any atom is -0.461 e. The minimum absolute atomic E-state index is 0.0438. The van der Waals surface area contributed by atoms with E-state index in [0.717, 1.165) is 5.69 Å². The van der Waals surface area contributed by atoms with Gasteiger partial charge in [-0.1, -0.05) is 18.2 Å². The SMILES string of the molecule is CCOC(=O)c1nn(-c2ccccc2)cc1C1SCC(=O)N1C. The molecule has 1 atom stereocenters. The second-order valence-electron chi connectivity index (χ2n) is 5.10. The van der Waals surface area contributed by atoms with Crippen LogP contribution in [0.25, 0.3) is 5.69 Å². The third kappa shape index (κ3) is 2.96. The number of aromatic nitrogens is 2. The second kappa shape index (κ2) is 6.45. The van der Waals surface area contributed by atoms with E-state index < -0.39 is 5.97 Å². The number of ether oxygens (including phenoxy) is 1. The van der Waals surface area contributed by atoms with Crippen LogP contribution in [0.15, 0.2) is 36.5 Å². The first-order valence-electron chi connectivity index (χ1n) is 7.31. The summed E-state index contributed by atoms with van der Waals surface area (Å²) >= 11 is 1.49. The van der Waals surface area contributed by atoms with Crippen molar-refractivity contribution < 1.29 is 14.3 Å². The van der Waals surface area contributed by atoms with Gasteiger partial charge in [-0.05, 0) is 19.1 Å². The van der Waals surface area contributed by atoms with Gasteiger partial charge in [0.1, 0.15) is 5.37 Å². The largest absolute Gasteiger partial charge is 0.461 e. The Hall–Kier alpha value is -2.28. The van der Waals surface area contributed by atoms with Crippen LogP contribution >= 0.6 is 11.8 Å². The average Bonchev–Trinajstić information content (AvgIpc) is 3.13. The highest BCUT2D eigenvalue weighted by Crippen LogP contribution is 2.39. The number of hydrogen-bond donors (Lipinski definition) is 0. The van der Waals surface area contributed by atoms with Crippen molar-refractivity contribution in [1.82, 2.24) is 14.7 Å². The van der Waals surface area contributed by atoms with Gasteiger partial charge in [-0.15, -0.1) is 11.8 Å². The van der Waals surface area contributed by atoms with Crippen molar-refractivity contribution in [3.8, 4) is 5.69 Å². The molecule has 1 aromatic carbocycles. The first-order valence-corrected chi connectivity index (χ1v) is 8.36. The number of rotatable bonds is 4. The molecule has 1 saturated heterocycles. The molecule has 7 heteroatoms. The third-order valence-electron chi connectivity index (χ3n) is 3.61. The number of carbonyl (C=O) groups is 2. The Bertz CT molecular complexity index is 729. The summed E-state index contributed by atoms with van der Waals surface area (Å²) in [6.07, 6.45) is 1.80. The molecule has 6 nitrogen and oxygen atoms in total. The van der Waals surface area contributed by atoms with E-state index in [1.54, 1.807) is 29.7 Å². The first kappa shape index (κ1) is 15.6. The zero-order chi connectivity index (χ0) is 16.4. The molecule has 120 valence electrons. The quantitative estimate of drug-likeness (QED) is 0.804. The van der Waals surface area contributed by atoms with Crippen molar-refractivity contribution in [3.63, 3.8) is 0 Å². The number of para-hydroxylation sites is 1. The zero-order valence-electron chi connectivity index (χ0n) is 12.9. The monoisotopic (exact) mass is 331 g/mol. The maximum atomic E-state index is 12.2. The smallest absolute Gasteiger partial charge is 0.359 e. The van der Waals surface area contributed by atoms with Gasteiger partial charge in [0.2, 0.25) is 5.91 Å². The van der Waals surface area contributed by atoms with Crippen LogP contribution in [0, 0.1) is 0 Å². The highest BCUT2D eigenvalue weighted by atomic mass is 32.2. The molecule has 0 spiro atoms. The fourth-order valence-electron chi connectivity index (χ4n) is 2.43. The van der Waals surface area contributed by atoms with Crippen LogP contribution in [0.5, 0.6) is 0 Å². The lowest BCUT2D eigenvalue weighted by Crippen LogP contribution is -2.24. The van der Waals surface area contributed by atoms with E-state index in [0.29, 0.717) is 11.3 Å². The van der Waals surface area contributed by atoms with Gasteiger partial charge in [-0.3, -0.25) is 4.79 Å². The van der Waals surface area contributed by atoms with Crippen LogP contribution in [0.1, 0.15) is 28.3 Å². The summed E-state index contributed by atoms with van der Waals surface area (Å²) in [7, 11) is 1.74. The summed E-state index contributed by atoms with van der Waals surface area (Å²) in [5.74, 6) is -0.0206. The van der Waals surface area contributed by atoms with E-state index >= 15 is 0 Å². The van der Waals surface area contributed by atoms with Gasteiger partial charge in [-0.25, -0.2) is 9.48 Å². The fraction of sp³-hybridized carbons (Fsp3) is 0.312. The van der Waals surface area contributed by atoms with E-state index in [1.165, 1.54) is 11.8 Å². The molecule has 1 fully saturated rings. The van der Waals surface area contributed by atoms with Crippen LogP contribution in [-0.4, -0.2) is 46.0 Å². The average molecular weight is 331 g/mol. The second-order valence-corrected chi connectivity index (χ2v) is 6.17. The van der Waals surface area contributed by atoms with E-state index in [1.807, 2.05) is 30.3 Å². The van der Waals surface area contributed by atoms with Gasteiger partial charge in [0.25, 0.3) is 0 Å². The van der Waals surface area contributed by atoms with Crippen molar-refractivity contribution in [2.24, 2.45) is 0 Å². The number of amides is 1. The number of benzene rings is 1. The number of thioether (sulfide) groups is 1. The Morgan fingerprint density at radius 3 is 2.74 bits per heavy atom. The van der Waals surface area contributed by atoms with Gasteiger partial charge in [0.05, 0.1) is 18.0 Å². The number of carbonyl (C=O) groups excluding carboxylic acids is 2. The Kier molecular flexibility index (Phi) is 4.38. The molecule has 0 N–H and O–H groups in total. The third-order valence-corrected chi connectivity index (χ3v) is 4.91. The molecular formula is C16H17N3O3S. The Labute approximate surface area is 138 Å². The van der Waals surface area contributed by atoms with Crippen molar-refractivity contribution in [1.29, 1.82) is 0 Å². The van der Waals surface area contributed by atoms with Crippen LogP contribution in [-0.2, 0) is 9.53 Å². The molecule has 1 aliphatic rings. The molecule has 0 radical (unpaired) electrons. The summed E-state index contributed by atoms with van der Waals surface area (Å²) in [5.41, 5.74) is 1.81. The number of esters is 1. The van der Waals surface area contributed by atoms with E-state index in [2.05, 4.69) is 5.10 Å². The predicted octanol–water partition coefficient (Wildman–Crippen LogP) is 2.25. The van der Waals surface area contributed by atoms with Gasteiger partial charge in [0, 0.05) is 18.8 Å². The normalized spacial score (nSPS) is 17.6. The lowest BCUT2D eigenvalue weighted by Gasteiger charge is -2.18. The molecule has 3 rings (SSSR count). The lowest BCUT2D eigenvalue weighted by molar-refractivity contribution is -0.126. The molecule has 2 aromatic rings. The van der Waals surface area contributed by atoms with E-state index in [4.69, 9.17) is 4.74 Å². The Balaban J connectivity index is 2.04. The Morgan fingerprint density at radius 2 is 2.13 bits per heavy atom. The number of nitrogens with zero attached hydrogens (tertiary/aromatic N) is 3. The molecule has 0 bridgehead atoms.